The Morgan fingerprint density at radius 3 is 2.33 bits per heavy atom. The maximum atomic E-state index is 14.7. The van der Waals surface area contributed by atoms with E-state index in [9.17, 15) is 23.1 Å². The number of halogens is 3. The zero-order valence-corrected chi connectivity index (χ0v) is 16.7. The van der Waals surface area contributed by atoms with Gasteiger partial charge < -0.3 is 15.2 Å². The fraction of sp³-hybridized carbons (Fsp3) is 0.348. The van der Waals surface area contributed by atoms with Gasteiger partial charge in [-0.3, -0.25) is 4.79 Å². The minimum atomic E-state index is -1.05. The molecule has 1 amide bonds. The fourth-order valence-electron chi connectivity index (χ4n) is 4.40. The van der Waals surface area contributed by atoms with Crippen LogP contribution in [0.15, 0.2) is 36.1 Å². The third-order valence-corrected chi connectivity index (χ3v) is 6.26. The summed E-state index contributed by atoms with van der Waals surface area (Å²) in [6, 6.07) is 6.00. The summed E-state index contributed by atoms with van der Waals surface area (Å²) >= 11 is 0. The smallest absolute Gasteiger partial charge is 0.256 e. The normalized spacial score (nSPS) is 23.9. The third kappa shape index (κ3) is 3.27. The zero-order valence-electron chi connectivity index (χ0n) is 16.7. The highest BCUT2D eigenvalue weighted by atomic mass is 19.2. The minimum absolute atomic E-state index is 0.0201. The summed E-state index contributed by atoms with van der Waals surface area (Å²) in [7, 11) is 1.63. The van der Waals surface area contributed by atoms with Gasteiger partial charge in [0.2, 0.25) is 0 Å². The molecule has 0 atom stereocenters. The van der Waals surface area contributed by atoms with Gasteiger partial charge in [0.05, 0.1) is 17.2 Å². The molecule has 158 valence electrons. The first-order valence-electron chi connectivity index (χ1n) is 9.80. The van der Waals surface area contributed by atoms with Crippen molar-refractivity contribution in [3.05, 3.63) is 64.7 Å². The number of aliphatic hydroxyl groups excluding tert-OH is 1. The second-order valence-electron chi connectivity index (χ2n) is 7.95. The van der Waals surface area contributed by atoms with Crippen molar-refractivity contribution >= 4 is 11.5 Å². The van der Waals surface area contributed by atoms with Gasteiger partial charge in [-0.25, -0.2) is 13.2 Å². The molecule has 1 spiro atoms. The standard InChI is InChI=1S/C23H22F3NO3/c1-12-16(9-14(11-18(12)25)13-3-4-17(24)19(26)10-13)20-21(28)23(27-22(20)29)7-5-15(30-2)6-8-23/h3-4,9-11,15,28H,5-8H2,1-2H3,(H,27,29). The molecule has 0 aromatic heterocycles. The molecule has 2 aromatic rings. The number of amides is 1. The first-order chi connectivity index (χ1) is 14.3. The van der Waals surface area contributed by atoms with Crippen LogP contribution in [0.5, 0.6) is 0 Å². The Labute approximate surface area is 172 Å². The van der Waals surface area contributed by atoms with Crippen molar-refractivity contribution in [3.63, 3.8) is 0 Å². The molecule has 4 rings (SSSR count). The van der Waals surface area contributed by atoms with Crippen LogP contribution in [0.1, 0.15) is 36.8 Å². The van der Waals surface area contributed by atoms with E-state index in [0.717, 1.165) is 12.1 Å². The third-order valence-electron chi connectivity index (χ3n) is 6.26. The number of benzene rings is 2. The van der Waals surface area contributed by atoms with Crippen molar-refractivity contribution in [2.75, 3.05) is 7.11 Å². The summed E-state index contributed by atoms with van der Waals surface area (Å²) in [5.41, 5.74) is 0.109. The number of aliphatic hydroxyl groups is 1. The highest BCUT2D eigenvalue weighted by molar-refractivity contribution is 6.23. The van der Waals surface area contributed by atoms with Gasteiger partial charge in [-0.15, -0.1) is 0 Å². The van der Waals surface area contributed by atoms with Crippen LogP contribution < -0.4 is 5.32 Å². The predicted octanol–water partition coefficient (Wildman–Crippen LogP) is 4.81. The lowest BCUT2D eigenvalue weighted by molar-refractivity contribution is -0.116. The summed E-state index contributed by atoms with van der Waals surface area (Å²) in [6.45, 7) is 1.51. The van der Waals surface area contributed by atoms with E-state index in [4.69, 9.17) is 4.74 Å². The van der Waals surface area contributed by atoms with Crippen molar-refractivity contribution in [1.29, 1.82) is 0 Å². The lowest BCUT2D eigenvalue weighted by Crippen LogP contribution is -2.48. The molecule has 1 fully saturated rings. The van der Waals surface area contributed by atoms with Crippen LogP contribution in [0.25, 0.3) is 16.7 Å². The van der Waals surface area contributed by atoms with Crippen LogP contribution in [0, 0.1) is 24.4 Å². The van der Waals surface area contributed by atoms with Crippen LogP contribution >= 0.6 is 0 Å². The Morgan fingerprint density at radius 1 is 1.03 bits per heavy atom. The Kier molecular flexibility index (Phi) is 5.10. The van der Waals surface area contributed by atoms with Gasteiger partial charge in [0.15, 0.2) is 11.6 Å². The van der Waals surface area contributed by atoms with Gasteiger partial charge >= 0.3 is 0 Å². The molecule has 0 saturated heterocycles. The molecule has 2 N–H and O–H groups in total. The molecule has 30 heavy (non-hydrogen) atoms. The maximum Gasteiger partial charge on any atom is 0.256 e. The SMILES string of the molecule is COC1CCC2(CC1)NC(=O)C(c1cc(-c3ccc(F)c(F)c3)cc(F)c1C)=C2O. The van der Waals surface area contributed by atoms with Gasteiger partial charge in [-0.1, -0.05) is 6.07 Å². The van der Waals surface area contributed by atoms with Crippen molar-refractivity contribution in [3.8, 4) is 11.1 Å². The van der Waals surface area contributed by atoms with E-state index in [1.165, 1.54) is 25.1 Å². The molecule has 1 aliphatic carbocycles. The van der Waals surface area contributed by atoms with E-state index >= 15 is 0 Å². The molecule has 4 nitrogen and oxygen atoms in total. The summed E-state index contributed by atoms with van der Waals surface area (Å²) < 4.78 is 47.1. The molecule has 0 radical (unpaired) electrons. The number of rotatable bonds is 3. The second-order valence-corrected chi connectivity index (χ2v) is 7.95. The predicted molar refractivity (Wildman–Crippen MR) is 106 cm³/mol. The van der Waals surface area contributed by atoms with Crippen molar-refractivity contribution in [2.24, 2.45) is 0 Å². The first kappa shape index (κ1) is 20.5. The van der Waals surface area contributed by atoms with Crippen LogP contribution in [0.2, 0.25) is 0 Å². The van der Waals surface area contributed by atoms with Gasteiger partial charge in [-0.05, 0) is 79.1 Å². The molecular weight excluding hydrogens is 395 g/mol. The molecule has 2 aliphatic rings. The molecule has 1 heterocycles. The van der Waals surface area contributed by atoms with Crippen LogP contribution in [-0.2, 0) is 9.53 Å². The molecule has 1 aliphatic heterocycles. The molecular formula is C23H22F3NO3. The first-order valence-corrected chi connectivity index (χ1v) is 9.80. The number of methoxy groups -OCH3 is 1. The number of ether oxygens (including phenoxy) is 1. The monoisotopic (exact) mass is 417 g/mol. The van der Waals surface area contributed by atoms with Gasteiger partial charge in [-0.2, -0.15) is 0 Å². The van der Waals surface area contributed by atoms with Crippen molar-refractivity contribution in [2.45, 2.75) is 44.2 Å². The van der Waals surface area contributed by atoms with Gasteiger partial charge in [0.1, 0.15) is 11.6 Å². The topological polar surface area (TPSA) is 58.6 Å². The maximum absolute atomic E-state index is 14.7. The van der Waals surface area contributed by atoms with Crippen LogP contribution in [0.4, 0.5) is 13.2 Å². The molecule has 2 aromatic carbocycles. The number of hydrogen-bond donors (Lipinski definition) is 2. The number of nitrogens with one attached hydrogen (secondary N) is 1. The molecule has 1 saturated carbocycles. The van der Waals surface area contributed by atoms with Gasteiger partial charge in [0, 0.05) is 7.11 Å². The lowest BCUT2D eigenvalue weighted by Gasteiger charge is -2.36. The Morgan fingerprint density at radius 2 is 1.70 bits per heavy atom. The quantitative estimate of drug-likeness (QED) is 0.754. The highest BCUT2D eigenvalue weighted by Crippen LogP contribution is 2.43. The zero-order chi connectivity index (χ0) is 21.6. The van der Waals surface area contributed by atoms with Crippen LogP contribution in [0.3, 0.4) is 0 Å². The summed E-state index contributed by atoms with van der Waals surface area (Å²) in [5, 5.41) is 13.9. The molecule has 0 bridgehead atoms. The van der Waals surface area contributed by atoms with Crippen LogP contribution in [-0.4, -0.2) is 29.8 Å². The molecule has 0 unspecified atom stereocenters. The van der Waals surface area contributed by atoms with E-state index in [1.54, 1.807) is 7.11 Å². The van der Waals surface area contributed by atoms with E-state index in [0.29, 0.717) is 25.7 Å². The molecule has 7 heteroatoms. The highest BCUT2D eigenvalue weighted by Gasteiger charge is 2.48. The largest absolute Gasteiger partial charge is 0.509 e. The minimum Gasteiger partial charge on any atom is -0.509 e. The number of carbonyl (C=O) groups excluding carboxylic acids is 1. The fourth-order valence-corrected chi connectivity index (χ4v) is 4.40. The average Bonchev–Trinajstić information content (AvgIpc) is 2.96. The Balaban J connectivity index is 1.80. The van der Waals surface area contributed by atoms with E-state index < -0.39 is 28.9 Å². The summed E-state index contributed by atoms with van der Waals surface area (Å²) in [4.78, 5) is 12.8. The number of carbonyl (C=O) groups is 1. The average molecular weight is 417 g/mol. The second kappa shape index (κ2) is 7.47. The van der Waals surface area contributed by atoms with E-state index in [-0.39, 0.29) is 39.7 Å². The Hall–Kier alpha value is -2.80. The Bertz CT molecular complexity index is 1060. The van der Waals surface area contributed by atoms with E-state index in [2.05, 4.69) is 5.32 Å². The van der Waals surface area contributed by atoms with E-state index in [1.807, 2.05) is 0 Å². The van der Waals surface area contributed by atoms with Gasteiger partial charge in [0.25, 0.3) is 5.91 Å². The summed E-state index contributed by atoms with van der Waals surface area (Å²) in [5.74, 6) is -3.25. The summed E-state index contributed by atoms with van der Waals surface area (Å²) in [6.07, 6.45) is 2.45. The van der Waals surface area contributed by atoms with Crippen molar-refractivity contribution < 1.29 is 27.8 Å². The van der Waals surface area contributed by atoms with Crippen molar-refractivity contribution in [1.82, 2.24) is 5.32 Å². The number of hydrogen-bond acceptors (Lipinski definition) is 3. The lowest BCUT2D eigenvalue weighted by atomic mass is 9.79.